The molecule has 0 amide bonds. The number of hydrogen-bond acceptors (Lipinski definition) is 4. The molecule has 2 aromatic rings. The van der Waals surface area contributed by atoms with Gasteiger partial charge in [0.15, 0.2) is 0 Å². The van der Waals surface area contributed by atoms with E-state index in [9.17, 15) is 0 Å². The van der Waals surface area contributed by atoms with Gasteiger partial charge in [0.25, 0.3) is 0 Å². The number of benzene rings is 2. The predicted molar refractivity (Wildman–Crippen MR) is 89.8 cm³/mol. The lowest BCUT2D eigenvalue weighted by Gasteiger charge is -2.08. The van der Waals surface area contributed by atoms with Crippen LogP contribution >= 0.6 is 21.6 Å². The van der Waals surface area contributed by atoms with Crippen LogP contribution in [0, 0.1) is 0 Å². The van der Waals surface area contributed by atoms with Crippen LogP contribution < -0.4 is 11.5 Å². The van der Waals surface area contributed by atoms with E-state index < -0.39 is 0 Å². The summed E-state index contributed by atoms with van der Waals surface area (Å²) in [6.45, 7) is 3.99. The van der Waals surface area contributed by atoms with Crippen molar-refractivity contribution in [3.05, 3.63) is 59.7 Å². The third-order valence-corrected chi connectivity index (χ3v) is 5.46. The van der Waals surface area contributed by atoms with Gasteiger partial charge in [0.2, 0.25) is 0 Å². The molecule has 4 heteroatoms. The second-order valence-electron chi connectivity index (χ2n) is 4.88. The topological polar surface area (TPSA) is 52.0 Å². The molecule has 0 heterocycles. The summed E-state index contributed by atoms with van der Waals surface area (Å²) in [5, 5.41) is 0. The van der Waals surface area contributed by atoms with Gasteiger partial charge >= 0.3 is 0 Å². The van der Waals surface area contributed by atoms with Gasteiger partial charge in [-0.1, -0.05) is 45.9 Å². The zero-order valence-electron chi connectivity index (χ0n) is 11.7. The summed E-state index contributed by atoms with van der Waals surface area (Å²) in [7, 11) is 3.51. The fourth-order valence-electron chi connectivity index (χ4n) is 1.75. The minimum Gasteiger partial charge on any atom is -0.324 e. The second-order valence-corrected chi connectivity index (χ2v) is 7.16. The molecule has 0 aliphatic rings. The first-order chi connectivity index (χ1) is 9.56. The van der Waals surface area contributed by atoms with E-state index in [1.54, 1.807) is 21.6 Å². The van der Waals surface area contributed by atoms with E-state index in [-0.39, 0.29) is 12.1 Å². The molecule has 2 nitrogen and oxygen atoms in total. The smallest absolute Gasteiger partial charge is 0.0266 e. The van der Waals surface area contributed by atoms with E-state index in [0.29, 0.717) is 0 Å². The van der Waals surface area contributed by atoms with Gasteiger partial charge in [0.05, 0.1) is 0 Å². The Hall–Kier alpha value is -0.940. The van der Waals surface area contributed by atoms with Crippen LogP contribution in [0.1, 0.15) is 37.1 Å². The molecule has 0 aliphatic heterocycles. The van der Waals surface area contributed by atoms with E-state index >= 15 is 0 Å². The monoisotopic (exact) mass is 304 g/mol. The Labute approximate surface area is 128 Å². The average molecular weight is 304 g/mol. The van der Waals surface area contributed by atoms with Crippen LogP contribution in [0.25, 0.3) is 0 Å². The Morgan fingerprint density at radius 1 is 0.650 bits per heavy atom. The molecule has 4 N–H and O–H groups in total. The van der Waals surface area contributed by atoms with Crippen molar-refractivity contribution < 1.29 is 0 Å². The molecule has 0 saturated carbocycles. The van der Waals surface area contributed by atoms with Crippen molar-refractivity contribution in [2.75, 3.05) is 0 Å². The van der Waals surface area contributed by atoms with E-state index in [0.717, 1.165) is 0 Å². The Balaban J connectivity index is 1.94. The third-order valence-electron chi connectivity index (χ3n) is 3.05. The van der Waals surface area contributed by atoms with Gasteiger partial charge in [-0.2, -0.15) is 0 Å². The maximum atomic E-state index is 5.85. The summed E-state index contributed by atoms with van der Waals surface area (Å²) >= 11 is 0. The highest BCUT2D eigenvalue weighted by Gasteiger charge is 2.02. The van der Waals surface area contributed by atoms with Crippen LogP contribution in [0.2, 0.25) is 0 Å². The molecule has 0 radical (unpaired) electrons. The molecule has 2 unspecified atom stereocenters. The van der Waals surface area contributed by atoms with Crippen molar-refractivity contribution in [3.8, 4) is 0 Å². The molecule has 0 aliphatic carbocycles. The highest BCUT2D eigenvalue weighted by atomic mass is 33.1. The Bertz CT molecular complexity index is 482. The molecule has 0 bridgehead atoms. The summed E-state index contributed by atoms with van der Waals surface area (Å²) in [4.78, 5) is 2.46. The molecule has 0 saturated heterocycles. The number of rotatable bonds is 5. The minimum atomic E-state index is 0.0903. The van der Waals surface area contributed by atoms with Gasteiger partial charge in [0, 0.05) is 21.9 Å². The molecule has 0 fully saturated rings. The summed E-state index contributed by atoms with van der Waals surface area (Å²) in [5.74, 6) is 0. The number of hydrogen-bond donors (Lipinski definition) is 2. The Morgan fingerprint density at radius 3 is 1.20 bits per heavy atom. The normalized spacial score (nSPS) is 14.0. The Kier molecular flexibility index (Phi) is 5.54. The molecule has 106 valence electrons. The van der Waals surface area contributed by atoms with Crippen LogP contribution in [0.3, 0.4) is 0 Å². The molecule has 2 rings (SSSR count). The molecular formula is C16H20N2S2. The van der Waals surface area contributed by atoms with Crippen LogP contribution in [-0.2, 0) is 0 Å². The maximum Gasteiger partial charge on any atom is 0.0266 e. The zero-order chi connectivity index (χ0) is 14.5. The lowest BCUT2D eigenvalue weighted by molar-refractivity contribution is 0.817. The summed E-state index contributed by atoms with van der Waals surface area (Å²) < 4.78 is 0. The summed E-state index contributed by atoms with van der Waals surface area (Å²) in [6.07, 6.45) is 0. The maximum absolute atomic E-state index is 5.85. The first-order valence-corrected chi connectivity index (χ1v) is 8.77. The average Bonchev–Trinajstić information content (AvgIpc) is 2.46. The summed E-state index contributed by atoms with van der Waals surface area (Å²) in [6, 6.07) is 17.0. The zero-order valence-corrected chi connectivity index (χ0v) is 13.4. The van der Waals surface area contributed by atoms with Gasteiger partial charge < -0.3 is 11.5 Å². The van der Waals surface area contributed by atoms with Crippen LogP contribution in [0.5, 0.6) is 0 Å². The fourth-order valence-corrected chi connectivity index (χ4v) is 3.68. The SMILES string of the molecule is CC(N)c1ccc(SSc2ccc(C(C)N)cc2)cc1. The predicted octanol–water partition coefficient (Wildman–Crippen LogP) is 4.53. The number of nitrogens with two attached hydrogens (primary N) is 2. The van der Waals surface area contributed by atoms with Crippen molar-refractivity contribution in [2.45, 2.75) is 35.7 Å². The summed E-state index contributed by atoms with van der Waals surface area (Å²) in [5.41, 5.74) is 14.0. The van der Waals surface area contributed by atoms with E-state index in [4.69, 9.17) is 11.5 Å². The van der Waals surface area contributed by atoms with Crippen molar-refractivity contribution in [1.29, 1.82) is 0 Å². The van der Waals surface area contributed by atoms with Crippen molar-refractivity contribution in [3.63, 3.8) is 0 Å². The third kappa shape index (κ3) is 4.28. The lowest BCUT2D eigenvalue weighted by atomic mass is 10.1. The van der Waals surface area contributed by atoms with Gasteiger partial charge in [-0.25, -0.2) is 0 Å². The quantitative estimate of drug-likeness (QED) is 0.797. The largest absolute Gasteiger partial charge is 0.324 e. The minimum absolute atomic E-state index is 0.0903. The van der Waals surface area contributed by atoms with Gasteiger partial charge in [0.1, 0.15) is 0 Å². The molecule has 2 atom stereocenters. The van der Waals surface area contributed by atoms with E-state index in [2.05, 4.69) is 48.5 Å². The molecule has 2 aromatic carbocycles. The lowest BCUT2D eigenvalue weighted by Crippen LogP contribution is -2.04. The first-order valence-electron chi connectivity index (χ1n) is 6.62. The molecule has 20 heavy (non-hydrogen) atoms. The molecular weight excluding hydrogens is 284 g/mol. The van der Waals surface area contributed by atoms with Crippen molar-refractivity contribution >= 4 is 21.6 Å². The standard InChI is InChI=1S/C16H20N2S2/c1-11(17)13-3-7-15(8-4-13)19-20-16-9-5-14(6-10-16)12(2)18/h3-12H,17-18H2,1-2H3. The van der Waals surface area contributed by atoms with E-state index in [1.807, 2.05) is 13.8 Å². The first kappa shape index (κ1) is 15.4. The van der Waals surface area contributed by atoms with Gasteiger partial charge in [-0.15, -0.1) is 0 Å². The fraction of sp³-hybridized carbons (Fsp3) is 0.250. The van der Waals surface area contributed by atoms with Crippen LogP contribution in [-0.4, -0.2) is 0 Å². The van der Waals surface area contributed by atoms with Crippen molar-refractivity contribution in [1.82, 2.24) is 0 Å². The van der Waals surface area contributed by atoms with Crippen molar-refractivity contribution in [2.24, 2.45) is 11.5 Å². The molecule has 0 aromatic heterocycles. The second kappa shape index (κ2) is 7.18. The Morgan fingerprint density at radius 2 is 0.950 bits per heavy atom. The van der Waals surface area contributed by atoms with Crippen LogP contribution in [0.15, 0.2) is 58.3 Å². The van der Waals surface area contributed by atoms with Gasteiger partial charge in [-0.05, 0) is 49.2 Å². The van der Waals surface area contributed by atoms with Crippen LogP contribution in [0.4, 0.5) is 0 Å². The molecule has 0 spiro atoms. The van der Waals surface area contributed by atoms with E-state index in [1.165, 1.54) is 20.9 Å². The highest BCUT2D eigenvalue weighted by molar-refractivity contribution is 8.76. The highest BCUT2D eigenvalue weighted by Crippen LogP contribution is 2.37. The van der Waals surface area contributed by atoms with Gasteiger partial charge in [-0.3, -0.25) is 0 Å².